The van der Waals surface area contributed by atoms with E-state index in [1.807, 2.05) is 30.6 Å². The third-order valence-electron chi connectivity index (χ3n) is 3.95. The van der Waals surface area contributed by atoms with Gasteiger partial charge in [-0.15, -0.1) is 0 Å². The number of hydrogen-bond donors (Lipinski definition) is 0. The molecule has 0 aliphatic carbocycles. The zero-order valence-electron chi connectivity index (χ0n) is 12.3. The van der Waals surface area contributed by atoms with Gasteiger partial charge < -0.3 is 0 Å². The maximum absolute atomic E-state index is 13.9. The lowest BCUT2D eigenvalue weighted by Crippen LogP contribution is -2.08. The molecule has 0 fully saturated rings. The monoisotopic (exact) mass is 382 g/mol. The molecule has 0 amide bonds. The highest BCUT2D eigenvalue weighted by molar-refractivity contribution is 9.10. The van der Waals surface area contributed by atoms with E-state index in [0.29, 0.717) is 17.0 Å². The minimum atomic E-state index is -0.348. The fourth-order valence-corrected chi connectivity index (χ4v) is 3.32. The van der Waals surface area contributed by atoms with Crippen molar-refractivity contribution in [2.75, 3.05) is 0 Å². The van der Waals surface area contributed by atoms with E-state index in [9.17, 15) is 9.18 Å². The first kappa shape index (κ1) is 15.0. The lowest BCUT2D eigenvalue weighted by atomic mass is 10.0. The van der Waals surface area contributed by atoms with Crippen LogP contribution in [0.2, 0.25) is 0 Å². The van der Waals surface area contributed by atoms with Crippen molar-refractivity contribution in [3.05, 3.63) is 81.6 Å². The number of fused-ring (bicyclic) bond motifs is 3. The van der Waals surface area contributed by atoms with E-state index in [1.165, 1.54) is 12.1 Å². The fraction of sp³-hybridized carbons (Fsp3) is 0.0556. The first-order valence-corrected chi connectivity index (χ1v) is 8.02. The Balaban J connectivity index is 2.02. The molecule has 1 aromatic heterocycles. The highest BCUT2D eigenvalue weighted by atomic mass is 79.9. The van der Waals surface area contributed by atoms with Crippen LogP contribution in [0.4, 0.5) is 4.39 Å². The van der Waals surface area contributed by atoms with Crippen LogP contribution in [0.5, 0.6) is 0 Å². The number of aromatic nitrogens is 2. The SMILES string of the molecule is O=[C]c1ncn2c1CN=C(c1ccccc1Br)c1cc(F)ccc1-2. The van der Waals surface area contributed by atoms with E-state index in [0.717, 1.165) is 15.7 Å². The summed E-state index contributed by atoms with van der Waals surface area (Å²) in [6.45, 7) is 0.261. The average Bonchev–Trinajstić information content (AvgIpc) is 2.92. The molecule has 3 aromatic rings. The van der Waals surface area contributed by atoms with Crippen LogP contribution >= 0.6 is 15.9 Å². The molecule has 24 heavy (non-hydrogen) atoms. The Morgan fingerprint density at radius 1 is 1.17 bits per heavy atom. The van der Waals surface area contributed by atoms with Crippen molar-refractivity contribution in [1.29, 1.82) is 0 Å². The topological polar surface area (TPSA) is 47.2 Å². The molecule has 0 saturated heterocycles. The average molecular weight is 383 g/mol. The summed E-state index contributed by atoms with van der Waals surface area (Å²) < 4.78 is 16.5. The van der Waals surface area contributed by atoms with Gasteiger partial charge >= 0.3 is 0 Å². The first-order valence-electron chi connectivity index (χ1n) is 7.23. The standard InChI is InChI=1S/C18H10BrFN3O/c19-14-4-2-1-3-12(14)18-13-7-11(20)5-6-16(13)23-10-22-15(9-24)17(23)8-21-18/h1-7,10H,8H2. The van der Waals surface area contributed by atoms with Gasteiger partial charge in [0.1, 0.15) is 17.8 Å². The number of aliphatic imine (C=N–C) groups is 1. The second kappa shape index (κ2) is 5.79. The van der Waals surface area contributed by atoms with Gasteiger partial charge in [-0.25, -0.2) is 9.37 Å². The van der Waals surface area contributed by atoms with Gasteiger partial charge in [0.2, 0.25) is 0 Å². The number of nitrogens with zero attached hydrogens (tertiary/aromatic N) is 3. The van der Waals surface area contributed by atoms with Crippen LogP contribution in [0.25, 0.3) is 5.69 Å². The molecule has 117 valence electrons. The van der Waals surface area contributed by atoms with Crippen LogP contribution in [0.15, 0.2) is 58.3 Å². The van der Waals surface area contributed by atoms with Gasteiger partial charge in [0.15, 0.2) is 0 Å². The Labute approximate surface area is 145 Å². The second-order valence-electron chi connectivity index (χ2n) is 5.32. The molecule has 0 N–H and O–H groups in total. The van der Waals surface area contributed by atoms with E-state index in [-0.39, 0.29) is 18.1 Å². The number of carbonyl (C=O) groups excluding carboxylic acids is 1. The molecule has 1 radical (unpaired) electrons. The molecule has 4 nitrogen and oxygen atoms in total. The van der Waals surface area contributed by atoms with Gasteiger partial charge in [0.05, 0.1) is 23.6 Å². The summed E-state index contributed by atoms with van der Waals surface area (Å²) in [6, 6.07) is 12.1. The van der Waals surface area contributed by atoms with Gasteiger partial charge in [-0.05, 0) is 24.3 Å². The predicted octanol–water partition coefficient (Wildman–Crippen LogP) is 3.58. The van der Waals surface area contributed by atoms with E-state index in [1.54, 1.807) is 17.0 Å². The Hall–Kier alpha value is -2.60. The Kier molecular flexibility index (Phi) is 3.61. The van der Waals surface area contributed by atoms with Gasteiger partial charge in [-0.2, -0.15) is 0 Å². The van der Waals surface area contributed by atoms with Crippen LogP contribution in [0, 0.1) is 5.82 Å². The molecule has 0 atom stereocenters. The number of benzene rings is 2. The highest BCUT2D eigenvalue weighted by Crippen LogP contribution is 2.29. The molecule has 0 spiro atoms. The van der Waals surface area contributed by atoms with Crippen molar-refractivity contribution in [3.8, 4) is 5.69 Å². The van der Waals surface area contributed by atoms with Crippen molar-refractivity contribution in [2.45, 2.75) is 6.54 Å². The van der Waals surface area contributed by atoms with Crippen LogP contribution in [0.1, 0.15) is 22.5 Å². The number of halogens is 2. The third-order valence-corrected chi connectivity index (χ3v) is 4.64. The number of hydrogen-bond acceptors (Lipinski definition) is 3. The molecule has 6 heteroatoms. The van der Waals surface area contributed by atoms with E-state index in [2.05, 4.69) is 25.9 Å². The normalized spacial score (nSPS) is 12.8. The summed E-state index contributed by atoms with van der Waals surface area (Å²) in [5, 5.41) is 0. The van der Waals surface area contributed by atoms with E-state index in [4.69, 9.17) is 0 Å². The van der Waals surface area contributed by atoms with E-state index < -0.39 is 0 Å². The summed E-state index contributed by atoms with van der Waals surface area (Å²) in [5.41, 5.74) is 3.77. The predicted molar refractivity (Wildman–Crippen MR) is 91.8 cm³/mol. The van der Waals surface area contributed by atoms with Gasteiger partial charge in [0.25, 0.3) is 6.29 Å². The Morgan fingerprint density at radius 2 is 2.00 bits per heavy atom. The minimum Gasteiger partial charge on any atom is -0.300 e. The Morgan fingerprint density at radius 3 is 2.79 bits per heavy atom. The van der Waals surface area contributed by atoms with Crippen molar-refractivity contribution in [3.63, 3.8) is 0 Å². The van der Waals surface area contributed by atoms with Crippen LogP contribution < -0.4 is 0 Å². The Bertz CT molecular complexity index is 994. The third kappa shape index (κ3) is 2.30. The highest BCUT2D eigenvalue weighted by Gasteiger charge is 2.23. The van der Waals surface area contributed by atoms with Crippen molar-refractivity contribution < 1.29 is 9.18 Å². The minimum absolute atomic E-state index is 0.224. The van der Waals surface area contributed by atoms with Gasteiger partial charge in [-0.1, -0.05) is 34.1 Å². The van der Waals surface area contributed by atoms with Crippen molar-refractivity contribution in [1.82, 2.24) is 9.55 Å². The smallest absolute Gasteiger partial charge is 0.255 e. The van der Waals surface area contributed by atoms with E-state index >= 15 is 0 Å². The fourth-order valence-electron chi connectivity index (χ4n) is 2.85. The zero-order chi connectivity index (χ0) is 16.7. The second-order valence-corrected chi connectivity index (χ2v) is 6.17. The molecule has 0 unspecified atom stereocenters. The van der Waals surface area contributed by atoms with Crippen molar-refractivity contribution >= 4 is 27.9 Å². The molecule has 1 aliphatic rings. The molecule has 4 rings (SSSR count). The largest absolute Gasteiger partial charge is 0.300 e. The van der Waals surface area contributed by atoms with Crippen molar-refractivity contribution in [2.24, 2.45) is 4.99 Å². The molecule has 2 aromatic carbocycles. The molecular formula is C18H10BrFN3O. The number of imidazole rings is 1. The quantitative estimate of drug-likeness (QED) is 0.679. The molecule has 0 saturated carbocycles. The summed E-state index contributed by atoms with van der Waals surface area (Å²) in [6.07, 6.45) is 3.38. The molecule has 2 heterocycles. The summed E-state index contributed by atoms with van der Waals surface area (Å²) in [7, 11) is 0. The molecule has 1 aliphatic heterocycles. The molecule has 0 bridgehead atoms. The maximum atomic E-state index is 13.9. The summed E-state index contributed by atoms with van der Waals surface area (Å²) in [4.78, 5) is 19.8. The zero-order valence-corrected chi connectivity index (χ0v) is 13.9. The molecular weight excluding hydrogens is 373 g/mol. The lowest BCUT2D eigenvalue weighted by Gasteiger charge is -2.12. The van der Waals surface area contributed by atoms with Crippen LogP contribution in [-0.4, -0.2) is 21.5 Å². The van der Waals surface area contributed by atoms with Gasteiger partial charge in [-0.3, -0.25) is 14.4 Å². The first-order chi connectivity index (χ1) is 11.7. The number of rotatable bonds is 2. The summed E-state index contributed by atoms with van der Waals surface area (Å²) >= 11 is 3.53. The lowest BCUT2D eigenvalue weighted by molar-refractivity contribution is 0.561. The maximum Gasteiger partial charge on any atom is 0.255 e. The van der Waals surface area contributed by atoms with Crippen LogP contribution in [-0.2, 0) is 11.3 Å². The van der Waals surface area contributed by atoms with Crippen LogP contribution in [0.3, 0.4) is 0 Å². The van der Waals surface area contributed by atoms with Gasteiger partial charge in [0, 0.05) is 15.6 Å². The summed E-state index contributed by atoms with van der Waals surface area (Å²) in [5.74, 6) is -0.348.